The van der Waals surface area contributed by atoms with E-state index in [1.165, 1.54) is 21.2 Å². The predicted octanol–water partition coefficient (Wildman–Crippen LogP) is 7.28. The van der Waals surface area contributed by atoms with Crippen LogP contribution in [-0.2, 0) is 14.7 Å². The van der Waals surface area contributed by atoms with Crippen molar-refractivity contribution >= 4 is 56.1 Å². The molecule has 2 atom stereocenters. The second-order valence-corrected chi connectivity index (χ2v) is 18.6. The summed E-state index contributed by atoms with van der Waals surface area (Å²) < 4.78 is 0.232. The molecule has 0 aliphatic rings. The molecule has 0 aliphatic heterocycles. The van der Waals surface area contributed by atoms with Crippen molar-refractivity contribution in [1.82, 2.24) is 0 Å². The van der Waals surface area contributed by atoms with E-state index in [2.05, 4.69) is 128 Å². The first-order chi connectivity index (χ1) is 16.2. The summed E-state index contributed by atoms with van der Waals surface area (Å²) in [5.74, 6) is 0. The van der Waals surface area contributed by atoms with Crippen LogP contribution in [0.4, 0.5) is 0 Å². The van der Waals surface area contributed by atoms with Gasteiger partial charge in [0.1, 0.15) is 0 Å². The minimum absolute atomic E-state index is 0.232. The van der Waals surface area contributed by atoms with E-state index >= 15 is 0 Å². The first-order valence-electron chi connectivity index (χ1n) is 10.9. The molecule has 0 saturated carbocycles. The van der Waals surface area contributed by atoms with Gasteiger partial charge in [-0.1, -0.05) is 0 Å². The van der Waals surface area contributed by atoms with Gasteiger partial charge < -0.3 is 0 Å². The van der Waals surface area contributed by atoms with Crippen LogP contribution < -0.4 is 21.2 Å². The topological polar surface area (TPSA) is 0 Å². The Morgan fingerprint density at radius 3 is 1.12 bits per heavy atom. The molecule has 4 aromatic carbocycles. The molecule has 0 bridgehead atoms. The van der Waals surface area contributed by atoms with Gasteiger partial charge in [-0.15, -0.1) is 0 Å². The van der Waals surface area contributed by atoms with Crippen molar-refractivity contribution in [2.75, 3.05) is 0 Å². The minimum atomic E-state index is -1.82. The Bertz CT molecular complexity index is 1020. The molecule has 0 heterocycles. The van der Waals surface area contributed by atoms with Crippen LogP contribution in [0.15, 0.2) is 121 Å². The summed E-state index contributed by atoms with van der Waals surface area (Å²) in [5, 5.41) is 5.49. The SMILES string of the molecule is CCC([CH](P(c1ccccc1)c1ccccc1)[Pd]([Cl])[Cl])P(c1ccccc1)c1ccccc1. The van der Waals surface area contributed by atoms with E-state index in [-0.39, 0.29) is 4.13 Å². The second-order valence-electron chi connectivity index (χ2n) is 7.58. The molecule has 0 radical (unpaired) electrons. The molecule has 173 valence electrons. The van der Waals surface area contributed by atoms with Crippen LogP contribution in [0, 0.1) is 0 Å². The summed E-state index contributed by atoms with van der Waals surface area (Å²) in [6.07, 6.45) is 1.04. The molecule has 5 heteroatoms. The van der Waals surface area contributed by atoms with E-state index in [1.54, 1.807) is 0 Å². The predicted molar refractivity (Wildman–Crippen MR) is 148 cm³/mol. The van der Waals surface area contributed by atoms with Crippen molar-refractivity contribution in [3.8, 4) is 0 Å². The molecule has 0 fully saturated rings. The first kappa shape index (κ1) is 25.1. The Hall–Kier alpha value is -1.02. The van der Waals surface area contributed by atoms with E-state index in [4.69, 9.17) is 19.1 Å². The summed E-state index contributed by atoms with van der Waals surface area (Å²) in [7, 11) is 12.7. The van der Waals surface area contributed by atoms with Crippen LogP contribution in [0.5, 0.6) is 0 Å². The Balaban J connectivity index is 1.88. The van der Waals surface area contributed by atoms with Gasteiger partial charge in [0.15, 0.2) is 0 Å². The molecule has 4 rings (SSSR count). The van der Waals surface area contributed by atoms with E-state index in [1.807, 2.05) is 0 Å². The fourth-order valence-electron chi connectivity index (χ4n) is 4.10. The van der Waals surface area contributed by atoms with Gasteiger partial charge in [-0.3, -0.25) is 0 Å². The molecule has 0 saturated heterocycles. The van der Waals surface area contributed by atoms with Gasteiger partial charge in [0.2, 0.25) is 0 Å². The van der Waals surface area contributed by atoms with Crippen molar-refractivity contribution in [1.29, 1.82) is 0 Å². The average Bonchev–Trinajstić information content (AvgIpc) is 2.88. The van der Waals surface area contributed by atoms with E-state index in [9.17, 15) is 0 Å². The van der Waals surface area contributed by atoms with Crippen molar-refractivity contribution in [2.24, 2.45) is 0 Å². The number of benzene rings is 4. The maximum atomic E-state index is 7.04. The molecule has 4 aromatic rings. The second kappa shape index (κ2) is 12.6. The standard InChI is InChI=1S/C28H27P2.2ClH.Pd/c1-2-24(30(27-19-11-5-12-20-27)28-21-13-6-14-22-28)23-29(25-15-7-3-8-16-25)26-17-9-4-10-18-26;;;/h3-24H,2H2,1H3;2*1H;/q;;;+2/p-2. The van der Waals surface area contributed by atoms with E-state index < -0.39 is 30.6 Å². The Kier molecular flexibility index (Phi) is 9.59. The summed E-state index contributed by atoms with van der Waals surface area (Å²) in [4.78, 5) is 0. The molecular formula is C28H27Cl2P2Pd. The fraction of sp³-hybridized carbons (Fsp3) is 0.143. The Labute approximate surface area is 214 Å². The van der Waals surface area contributed by atoms with Crippen LogP contribution in [0.1, 0.15) is 13.3 Å². The van der Waals surface area contributed by atoms with Gasteiger partial charge in [0, 0.05) is 0 Å². The summed E-state index contributed by atoms with van der Waals surface area (Å²) in [6, 6.07) is 43.7. The fourth-order valence-corrected chi connectivity index (χ4v) is 18.4. The van der Waals surface area contributed by atoms with Crippen LogP contribution in [0.25, 0.3) is 0 Å². The van der Waals surface area contributed by atoms with Crippen molar-refractivity contribution < 1.29 is 14.7 Å². The third-order valence-electron chi connectivity index (χ3n) is 5.55. The number of rotatable bonds is 9. The van der Waals surface area contributed by atoms with Gasteiger partial charge in [0.05, 0.1) is 0 Å². The van der Waals surface area contributed by atoms with Crippen molar-refractivity contribution in [3.05, 3.63) is 121 Å². The van der Waals surface area contributed by atoms with Gasteiger partial charge in [-0.05, 0) is 0 Å². The van der Waals surface area contributed by atoms with Crippen LogP contribution in [-0.4, -0.2) is 9.79 Å². The number of hydrogen-bond donors (Lipinski definition) is 0. The van der Waals surface area contributed by atoms with Gasteiger partial charge >= 0.3 is 215 Å². The van der Waals surface area contributed by atoms with Crippen molar-refractivity contribution in [3.63, 3.8) is 0 Å². The zero-order chi connectivity index (χ0) is 23.0. The third-order valence-corrected chi connectivity index (χ3v) is 18.1. The molecule has 0 nitrogen and oxygen atoms in total. The number of hydrogen-bond acceptors (Lipinski definition) is 0. The maximum absolute atomic E-state index is 7.04. The average molecular weight is 603 g/mol. The Morgan fingerprint density at radius 1 is 0.545 bits per heavy atom. The van der Waals surface area contributed by atoms with Crippen LogP contribution in [0.3, 0.4) is 0 Å². The third kappa shape index (κ3) is 6.16. The molecule has 0 aromatic heterocycles. The monoisotopic (exact) mass is 601 g/mol. The van der Waals surface area contributed by atoms with Gasteiger partial charge in [-0.2, -0.15) is 0 Å². The Morgan fingerprint density at radius 2 is 0.848 bits per heavy atom. The molecule has 0 spiro atoms. The molecule has 0 aliphatic carbocycles. The number of halogens is 2. The molecular weight excluding hydrogens is 576 g/mol. The summed E-state index contributed by atoms with van der Waals surface area (Å²) in [5.41, 5.74) is 0.382. The molecule has 0 N–H and O–H groups in total. The zero-order valence-electron chi connectivity index (χ0n) is 18.4. The summed E-state index contributed by atoms with van der Waals surface area (Å²) >= 11 is -1.82. The van der Waals surface area contributed by atoms with Gasteiger partial charge in [0.25, 0.3) is 0 Å². The first-order valence-corrected chi connectivity index (χ1v) is 18.6. The van der Waals surface area contributed by atoms with Crippen molar-refractivity contribution in [2.45, 2.75) is 23.1 Å². The molecule has 2 unspecified atom stereocenters. The quantitative estimate of drug-likeness (QED) is 0.140. The normalized spacial score (nSPS) is 13.7. The van der Waals surface area contributed by atoms with E-state index in [0.717, 1.165) is 6.42 Å². The van der Waals surface area contributed by atoms with Crippen LogP contribution in [0.2, 0.25) is 0 Å². The van der Waals surface area contributed by atoms with Crippen LogP contribution >= 0.6 is 34.9 Å². The molecule has 0 amide bonds. The summed E-state index contributed by atoms with van der Waals surface area (Å²) in [6.45, 7) is 2.31. The van der Waals surface area contributed by atoms with Gasteiger partial charge in [-0.25, -0.2) is 0 Å². The zero-order valence-corrected chi connectivity index (χ0v) is 23.2. The van der Waals surface area contributed by atoms with E-state index in [0.29, 0.717) is 5.66 Å². The molecule has 33 heavy (non-hydrogen) atoms.